The standard InChI is InChI=1S/C22H21ClFN3O4S/c1-27(2)19-10-4-14(12-18(19)24)22(28)25-17-9-11-20(31-3)21(13-17)32(29,30)26-16-7-5-15(23)6-8-16/h4-13,26H,1-3H3,(H,25,28). The van der Waals surface area contributed by atoms with Gasteiger partial charge in [0.05, 0.1) is 12.8 Å². The number of halogens is 2. The first kappa shape index (κ1) is 23.4. The van der Waals surface area contributed by atoms with E-state index < -0.39 is 21.7 Å². The first-order valence-corrected chi connectivity index (χ1v) is 11.2. The van der Waals surface area contributed by atoms with Crippen LogP contribution in [0.5, 0.6) is 5.75 Å². The highest BCUT2D eigenvalue weighted by atomic mass is 35.5. The minimum Gasteiger partial charge on any atom is -0.495 e. The lowest BCUT2D eigenvalue weighted by molar-refractivity contribution is 0.102. The fourth-order valence-electron chi connectivity index (χ4n) is 2.91. The van der Waals surface area contributed by atoms with E-state index >= 15 is 0 Å². The zero-order chi connectivity index (χ0) is 23.5. The van der Waals surface area contributed by atoms with E-state index in [-0.39, 0.29) is 21.9 Å². The summed E-state index contributed by atoms with van der Waals surface area (Å²) in [6.07, 6.45) is 0. The van der Waals surface area contributed by atoms with Gasteiger partial charge in [-0.05, 0) is 60.7 Å². The van der Waals surface area contributed by atoms with Gasteiger partial charge in [-0.15, -0.1) is 0 Å². The molecule has 0 atom stereocenters. The Kier molecular flexibility index (Phi) is 6.90. The second-order valence-electron chi connectivity index (χ2n) is 6.99. The molecule has 0 aliphatic heterocycles. The van der Waals surface area contributed by atoms with E-state index in [0.717, 1.165) is 6.07 Å². The van der Waals surface area contributed by atoms with Crippen LogP contribution in [0.3, 0.4) is 0 Å². The molecule has 0 aliphatic rings. The minimum absolute atomic E-state index is 0.0887. The van der Waals surface area contributed by atoms with Gasteiger partial charge in [-0.2, -0.15) is 0 Å². The van der Waals surface area contributed by atoms with E-state index in [2.05, 4.69) is 10.0 Å². The van der Waals surface area contributed by atoms with Crippen LogP contribution in [0.4, 0.5) is 21.5 Å². The summed E-state index contributed by atoms with van der Waals surface area (Å²) in [5, 5.41) is 3.05. The summed E-state index contributed by atoms with van der Waals surface area (Å²) < 4.78 is 47.7. The summed E-state index contributed by atoms with van der Waals surface area (Å²) in [4.78, 5) is 14.0. The van der Waals surface area contributed by atoms with Gasteiger partial charge < -0.3 is 15.0 Å². The largest absolute Gasteiger partial charge is 0.495 e. The van der Waals surface area contributed by atoms with Gasteiger partial charge in [0.2, 0.25) is 0 Å². The van der Waals surface area contributed by atoms with Crippen molar-refractivity contribution < 1.29 is 22.3 Å². The highest BCUT2D eigenvalue weighted by Gasteiger charge is 2.21. The number of carbonyl (C=O) groups excluding carboxylic acids is 1. The van der Waals surface area contributed by atoms with Crippen molar-refractivity contribution in [1.29, 1.82) is 0 Å². The lowest BCUT2D eigenvalue weighted by atomic mass is 10.1. The van der Waals surface area contributed by atoms with E-state index in [1.807, 2.05) is 0 Å². The monoisotopic (exact) mass is 477 g/mol. The minimum atomic E-state index is -4.05. The molecule has 0 unspecified atom stereocenters. The van der Waals surface area contributed by atoms with Crippen molar-refractivity contribution in [3.63, 3.8) is 0 Å². The number of sulfonamides is 1. The molecule has 168 valence electrons. The Morgan fingerprint density at radius 2 is 1.66 bits per heavy atom. The van der Waals surface area contributed by atoms with E-state index in [9.17, 15) is 17.6 Å². The summed E-state index contributed by atoms with van der Waals surface area (Å²) in [6, 6.07) is 14.4. The van der Waals surface area contributed by atoms with Gasteiger partial charge >= 0.3 is 0 Å². The summed E-state index contributed by atoms with van der Waals surface area (Å²) in [7, 11) is 0.669. The van der Waals surface area contributed by atoms with E-state index in [1.165, 1.54) is 49.6 Å². The highest BCUT2D eigenvalue weighted by Crippen LogP contribution is 2.29. The Bertz CT molecular complexity index is 1250. The van der Waals surface area contributed by atoms with E-state index in [4.69, 9.17) is 16.3 Å². The maximum absolute atomic E-state index is 14.2. The average Bonchev–Trinajstić information content (AvgIpc) is 2.74. The van der Waals surface area contributed by atoms with Crippen LogP contribution in [-0.4, -0.2) is 35.5 Å². The van der Waals surface area contributed by atoms with Crippen LogP contribution in [0.2, 0.25) is 5.02 Å². The van der Waals surface area contributed by atoms with Gasteiger partial charge in [-0.25, -0.2) is 12.8 Å². The van der Waals surface area contributed by atoms with Crippen LogP contribution in [0.25, 0.3) is 0 Å². The van der Waals surface area contributed by atoms with Crippen LogP contribution in [0.1, 0.15) is 10.4 Å². The quantitative estimate of drug-likeness (QED) is 0.519. The molecule has 1 amide bonds. The fourth-order valence-corrected chi connectivity index (χ4v) is 4.29. The molecule has 0 saturated heterocycles. The summed E-state index contributed by atoms with van der Waals surface area (Å²) >= 11 is 5.84. The SMILES string of the molecule is COc1ccc(NC(=O)c2ccc(N(C)C)c(F)c2)cc1S(=O)(=O)Nc1ccc(Cl)cc1. The predicted octanol–water partition coefficient (Wildman–Crippen LogP) is 4.61. The predicted molar refractivity (Wildman–Crippen MR) is 124 cm³/mol. The first-order chi connectivity index (χ1) is 15.1. The third-order valence-electron chi connectivity index (χ3n) is 4.50. The third-order valence-corrected chi connectivity index (χ3v) is 6.15. The number of amides is 1. The number of carbonyl (C=O) groups is 1. The number of methoxy groups -OCH3 is 1. The maximum Gasteiger partial charge on any atom is 0.265 e. The highest BCUT2D eigenvalue weighted by molar-refractivity contribution is 7.92. The molecule has 0 aliphatic carbocycles. The molecule has 0 radical (unpaired) electrons. The zero-order valence-corrected chi connectivity index (χ0v) is 19.1. The molecule has 7 nitrogen and oxygen atoms in total. The van der Waals surface area contributed by atoms with Crippen molar-refractivity contribution in [3.8, 4) is 5.75 Å². The summed E-state index contributed by atoms with van der Waals surface area (Å²) in [5.41, 5.74) is 0.937. The second-order valence-corrected chi connectivity index (χ2v) is 9.08. The third kappa shape index (κ3) is 5.30. The van der Waals surface area contributed by atoms with Crippen molar-refractivity contribution in [3.05, 3.63) is 77.1 Å². The van der Waals surface area contributed by atoms with Gasteiger partial charge in [0.15, 0.2) is 0 Å². The lowest BCUT2D eigenvalue weighted by Gasteiger charge is -2.15. The van der Waals surface area contributed by atoms with Gasteiger partial charge in [0.25, 0.3) is 15.9 Å². The molecule has 0 bridgehead atoms. The first-order valence-electron chi connectivity index (χ1n) is 9.35. The summed E-state index contributed by atoms with van der Waals surface area (Å²) in [6.45, 7) is 0. The molecule has 10 heteroatoms. The van der Waals surface area contributed by atoms with Crippen LogP contribution in [-0.2, 0) is 10.0 Å². The van der Waals surface area contributed by atoms with Crippen LogP contribution >= 0.6 is 11.6 Å². The number of rotatable bonds is 7. The number of hydrogen-bond donors (Lipinski definition) is 2. The summed E-state index contributed by atoms with van der Waals surface area (Å²) in [5.74, 6) is -1.05. The molecule has 3 rings (SSSR count). The van der Waals surface area contributed by atoms with Gasteiger partial charge in [-0.1, -0.05) is 11.6 Å². The topological polar surface area (TPSA) is 87.7 Å². The molecule has 3 aromatic carbocycles. The Morgan fingerprint density at radius 3 is 2.25 bits per heavy atom. The Hall–Kier alpha value is -3.30. The molecule has 0 aromatic heterocycles. The molecule has 32 heavy (non-hydrogen) atoms. The van der Waals surface area contributed by atoms with Crippen LogP contribution in [0, 0.1) is 5.82 Å². The second kappa shape index (κ2) is 9.46. The number of nitrogens with one attached hydrogen (secondary N) is 2. The number of ether oxygens (including phenoxy) is 1. The molecular weight excluding hydrogens is 457 g/mol. The molecule has 0 heterocycles. The molecule has 0 spiro atoms. The Morgan fingerprint density at radius 1 is 1.00 bits per heavy atom. The maximum atomic E-state index is 14.2. The Balaban J connectivity index is 1.88. The van der Waals surface area contributed by atoms with Crippen molar-refractivity contribution in [2.45, 2.75) is 4.90 Å². The van der Waals surface area contributed by atoms with Crippen molar-refractivity contribution >= 4 is 44.6 Å². The van der Waals surface area contributed by atoms with Gasteiger partial charge in [-0.3, -0.25) is 9.52 Å². The van der Waals surface area contributed by atoms with Crippen LogP contribution in [0.15, 0.2) is 65.6 Å². The average molecular weight is 478 g/mol. The van der Waals surface area contributed by atoms with Gasteiger partial charge in [0, 0.05) is 36.1 Å². The number of anilines is 3. The van der Waals surface area contributed by atoms with Crippen molar-refractivity contribution in [2.75, 3.05) is 36.1 Å². The molecule has 2 N–H and O–H groups in total. The zero-order valence-electron chi connectivity index (χ0n) is 17.5. The molecule has 3 aromatic rings. The van der Waals surface area contributed by atoms with E-state index in [0.29, 0.717) is 16.4 Å². The van der Waals surface area contributed by atoms with E-state index in [1.54, 1.807) is 31.1 Å². The normalized spacial score (nSPS) is 11.0. The Labute approximate surface area is 190 Å². The molecule has 0 fully saturated rings. The smallest absolute Gasteiger partial charge is 0.265 e. The van der Waals surface area contributed by atoms with Crippen LogP contribution < -0.4 is 19.7 Å². The van der Waals surface area contributed by atoms with Crippen molar-refractivity contribution in [2.24, 2.45) is 0 Å². The van der Waals surface area contributed by atoms with Crippen molar-refractivity contribution in [1.82, 2.24) is 0 Å². The molecular formula is C22H21ClFN3O4S. The number of benzene rings is 3. The fraction of sp³-hybridized carbons (Fsp3) is 0.136. The number of nitrogens with zero attached hydrogens (tertiary/aromatic N) is 1. The molecule has 0 saturated carbocycles. The lowest BCUT2D eigenvalue weighted by Crippen LogP contribution is -2.17. The number of hydrogen-bond acceptors (Lipinski definition) is 5. The van der Waals surface area contributed by atoms with Gasteiger partial charge in [0.1, 0.15) is 16.5 Å².